The van der Waals surface area contributed by atoms with Gasteiger partial charge in [0.2, 0.25) is 11.7 Å². The number of carboxylic acids is 1. The highest BCUT2D eigenvalue weighted by molar-refractivity contribution is 6.39. The van der Waals surface area contributed by atoms with E-state index in [0.29, 0.717) is 51.1 Å². The first-order valence-corrected chi connectivity index (χ1v) is 14.9. The van der Waals surface area contributed by atoms with Crippen molar-refractivity contribution in [3.8, 4) is 28.4 Å². The van der Waals surface area contributed by atoms with E-state index in [1.807, 2.05) is 18.2 Å². The number of fused-ring (bicyclic) bond motifs is 3. The number of aromatic nitrogens is 3. The molecule has 0 amide bonds. The molecule has 9 nitrogen and oxygen atoms in total. The minimum atomic E-state index is -1.08. The van der Waals surface area contributed by atoms with Gasteiger partial charge in [-0.25, -0.2) is 4.79 Å². The average Bonchev–Trinajstić information content (AvgIpc) is 3.56. The number of nitrogens with zero attached hydrogens (tertiary/aromatic N) is 3. The average molecular weight is 610 g/mol. The van der Waals surface area contributed by atoms with Gasteiger partial charge >= 0.3 is 5.97 Å². The highest BCUT2D eigenvalue weighted by Gasteiger charge is 2.53. The van der Waals surface area contributed by atoms with E-state index in [1.165, 1.54) is 13.2 Å². The van der Waals surface area contributed by atoms with Gasteiger partial charge in [0, 0.05) is 22.6 Å². The molecule has 2 aromatic heterocycles. The molecule has 0 radical (unpaired) electrons. The van der Waals surface area contributed by atoms with E-state index in [4.69, 9.17) is 46.7 Å². The van der Waals surface area contributed by atoms with Crippen LogP contribution >= 0.6 is 23.2 Å². The zero-order valence-electron chi connectivity index (χ0n) is 23.0. The molecule has 4 aliphatic rings. The summed E-state index contributed by atoms with van der Waals surface area (Å²) < 4.78 is 23.6. The van der Waals surface area contributed by atoms with Crippen LogP contribution in [-0.4, -0.2) is 39.1 Å². The summed E-state index contributed by atoms with van der Waals surface area (Å²) in [6.07, 6.45) is 7.32. The Labute approximate surface area is 252 Å². The maximum atomic E-state index is 11.7. The summed E-state index contributed by atoms with van der Waals surface area (Å²) in [5, 5.41) is 19.2. The Kier molecular flexibility index (Phi) is 6.79. The van der Waals surface area contributed by atoms with Crippen LogP contribution in [0.15, 0.2) is 45.4 Å². The van der Waals surface area contributed by atoms with Crippen molar-refractivity contribution in [2.75, 3.05) is 7.11 Å². The van der Waals surface area contributed by atoms with Gasteiger partial charge in [-0.05, 0) is 81.7 Å². The van der Waals surface area contributed by atoms with Crippen molar-refractivity contribution < 1.29 is 28.4 Å². The number of hydrogen-bond donors (Lipinski definition) is 1. The smallest absolute Gasteiger partial charge is 0.339 e. The van der Waals surface area contributed by atoms with E-state index >= 15 is 0 Å². The zero-order valence-corrected chi connectivity index (χ0v) is 24.5. The van der Waals surface area contributed by atoms with E-state index in [0.717, 1.165) is 62.7 Å². The molecule has 4 fully saturated rings. The number of carboxylic acid groups (broad SMARTS) is 1. The monoisotopic (exact) mass is 609 g/mol. The molecule has 11 heteroatoms. The zero-order chi connectivity index (χ0) is 29.1. The summed E-state index contributed by atoms with van der Waals surface area (Å²) in [5.41, 5.74) is 2.42. The largest absolute Gasteiger partial charge is 0.496 e. The number of carbonyl (C=O) groups is 1. The van der Waals surface area contributed by atoms with Crippen LogP contribution in [-0.2, 0) is 16.8 Å². The third kappa shape index (κ3) is 4.68. The molecule has 0 aliphatic heterocycles. The fourth-order valence-electron chi connectivity index (χ4n) is 6.53. The molecular formula is C31H29Cl2N3O6. The molecule has 42 heavy (non-hydrogen) atoms. The van der Waals surface area contributed by atoms with E-state index < -0.39 is 5.97 Å². The van der Waals surface area contributed by atoms with Gasteiger partial charge in [0.15, 0.2) is 0 Å². The summed E-state index contributed by atoms with van der Waals surface area (Å²) in [7, 11) is 1.44. The Morgan fingerprint density at radius 3 is 2.38 bits per heavy atom. The maximum Gasteiger partial charge on any atom is 0.339 e. The second-order valence-electron chi connectivity index (χ2n) is 11.6. The third-order valence-electron chi connectivity index (χ3n) is 9.23. The van der Waals surface area contributed by atoms with E-state index in [9.17, 15) is 9.90 Å². The molecular weight excluding hydrogens is 581 g/mol. The molecule has 4 aromatic rings. The van der Waals surface area contributed by atoms with Crippen molar-refractivity contribution in [1.29, 1.82) is 0 Å². The van der Waals surface area contributed by atoms with Gasteiger partial charge in [-0.3, -0.25) is 0 Å². The summed E-state index contributed by atoms with van der Waals surface area (Å²) in [5.74, 6) is 1.41. The lowest BCUT2D eigenvalue weighted by atomic mass is 9.58. The summed E-state index contributed by atoms with van der Waals surface area (Å²) in [6.45, 7) is 0.382. The second-order valence-corrected chi connectivity index (χ2v) is 12.5. The first-order chi connectivity index (χ1) is 20.3. The highest BCUT2D eigenvalue weighted by atomic mass is 35.5. The lowest BCUT2D eigenvalue weighted by Gasteiger charge is -2.51. The van der Waals surface area contributed by atoms with Crippen molar-refractivity contribution in [2.45, 2.75) is 74.9 Å². The Morgan fingerprint density at radius 1 is 1.02 bits per heavy atom. The lowest BCUT2D eigenvalue weighted by molar-refractivity contribution is -0.130. The molecule has 2 aromatic carbocycles. The van der Waals surface area contributed by atoms with Crippen LogP contribution in [0.25, 0.3) is 22.6 Å². The van der Waals surface area contributed by atoms with Crippen molar-refractivity contribution >= 4 is 29.2 Å². The van der Waals surface area contributed by atoms with Gasteiger partial charge < -0.3 is 23.6 Å². The van der Waals surface area contributed by atoms with Gasteiger partial charge in [0.1, 0.15) is 22.8 Å². The number of hydrogen-bond acceptors (Lipinski definition) is 8. The molecule has 8 rings (SSSR count). The fourth-order valence-corrected chi connectivity index (χ4v) is 7.11. The van der Waals surface area contributed by atoms with Crippen LogP contribution in [0.2, 0.25) is 10.0 Å². The Hall–Kier alpha value is -3.40. The minimum Gasteiger partial charge on any atom is -0.496 e. The molecule has 4 saturated carbocycles. The summed E-state index contributed by atoms with van der Waals surface area (Å²) in [6, 6.07) is 10.3. The van der Waals surface area contributed by atoms with Gasteiger partial charge in [0.25, 0.3) is 0 Å². The predicted octanol–water partition coefficient (Wildman–Crippen LogP) is 7.84. The Bertz CT molecular complexity index is 1630. The van der Waals surface area contributed by atoms with Crippen LogP contribution in [0.3, 0.4) is 0 Å². The van der Waals surface area contributed by atoms with Crippen LogP contribution in [0.1, 0.15) is 84.9 Å². The Balaban J connectivity index is 1.08. The first-order valence-electron chi connectivity index (χ1n) is 14.1. The van der Waals surface area contributed by atoms with E-state index in [2.05, 4.69) is 10.3 Å². The number of benzene rings is 2. The molecule has 0 spiro atoms. The van der Waals surface area contributed by atoms with Crippen LogP contribution in [0.5, 0.6) is 5.75 Å². The Morgan fingerprint density at radius 2 is 1.74 bits per heavy atom. The standard InChI is InChI=1S/C31H29Cl2N3O6/c1-39-23-8-7-18(15-19(23)28(37)38)27-34-29(42-36-27)30-9-12-31(13-10-30,14-11-30)40-16-20-25(35-41-26(20)17-5-6-17)24-21(32)3-2-4-22(24)33/h2-4,7-8,15,17H,5-6,9-14,16H2,1H3,(H,37,38). The first kappa shape index (κ1) is 27.4. The fraction of sp³-hybridized carbons (Fsp3) is 0.419. The van der Waals surface area contributed by atoms with Gasteiger partial charge in [0.05, 0.1) is 34.8 Å². The normalized spacial score (nSPS) is 23.3. The SMILES string of the molecule is COc1ccc(-c2noc(C34CCC(OCc5c(-c6c(Cl)cccc6Cl)noc5C5CC5)(CC3)CC4)n2)cc1C(=O)O. The number of halogens is 2. The molecule has 2 bridgehead atoms. The summed E-state index contributed by atoms with van der Waals surface area (Å²) >= 11 is 13.1. The molecule has 0 atom stereocenters. The number of ether oxygens (including phenoxy) is 2. The van der Waals surface area contributed by atoms with Gasteiger partial charge in [-0.1, -0.05) is 39.6 Å². The molecule has 1 N–H and O–H groups in total. The lowest BCUT2D eigenvalue weighted by Crippen LogP contribution is -2.49. The molecule has 0 unspecified atom stereocenters. The van der Waals surface area contributed by atoms with Gasteiger partial charge in [-0.2, -0.15) is 4.98 Å². The van der Waals surface area contributed by atoms with Crippen LogP contribution in [0, 0.1) is 0 Å². The molecule has 2 heterocycles. The molecule has 4 aliphatic carbocycles. The maximum absolute atomic E-state index is 11.7. The minimum absolute atomic E-state index is 0.0504. The van der Waals surface area contributed by atoms with Crippen molar-refractivity contribution in [1.82, 2.24) is 15.3 Å². The molecule has 0 saturated heterocycles. The quantitative estimate of drug-likeness (QED) is 0.202. The van der Waals surface area contributed by atoms with Crippen molar-refractivity contribution in [2.24, 2.45) is 0 Å². The summed E-state index contributed by atoms with van der Waals surface area (Å²) in [4.78, 5) is 16.4. The topological polar surface area (TPSA) is 121 Å². The number of methoxy groups -OCH3 is 1. The van der Waals surface area contributed by atoms with Crippen molar-refractivity contribution in [3.63, 3.8) is 0 Å². The van der Waals surface area contributed by atoms with E-state index in [1.54, 1.807) is 12.1 Å². The number of rotatable bonds is 9. The second kappa shape index (κ2) is 10.4. The third-order valence-corrected chi connectivity index (χ3v) is 9.86. The van der Waals surface area contributed by atoms with E-state index in [-0.39, 0.29) is 22.3 Å². The van der Waals surface area contributed by atoms with Gasteiger partial charge in [-0.15, -0.1) is 0 Å². The van der Waals surface area contributed by atoms with Crippen LogP contribution in [0.4, 0.5) is 0 Å². The highest BCUT2D eigenvalue weighted by Crippen LogP contribution is 2.55. The van der Waals surface area contributed by atoms with Crippen molar-refractivity contribution in [3.05, 3.63) is 69.2 Å². The number of aromatic carboxylic acids is 1. The van der Waals surface area contributed by atoms with Crippen LogP contribution < -0.4 is 4.74 Å². The molecule has 218 valence electrons. The predicted molar refractivity (Wildman–Crippen MR) is 154 cm³/mol.